The number of nitrogens with zero attached hydrogens (tertiary/aromatic N) is 3. The number of benzene rings is 1. The molecule has 0 saturated carbocycles. The van der Waals surface area contributed by atoms with Gasteiger partial charge in [-0.3, -0.25) is 24.0 Å². The number of aromatic nitrogens is 2. The Morgan fingerprint density at radius 1 is 1.02 bits per heavy atom. The lowest BCUT2D eigenvalue weighted by atomic mass is 10.1. The number of phosphoric ester groups is 1. The third kappa shape index (κ3) is 10.1. The molecule has 0 bridgehead atoms. The normalized spacial score (nSPS) is 23.7. The molecule has 0 radical (unpaired) electrons. The lowest BCUT2D eigenvalue weighted by molar-refractivity contribution is -0.384. The van der Waals surface area contributed by atoms with Crippen LogP contribution in [0.3, 0.4) is 0 Å². The van der Waals surface area contributed by atoms with Crippen molar-refractivity contribution in [3.63, 3.8) is 0 Å². The van der Waals surface area contributed by atoms with E-state index in [1.54, 1.807) is 12.1 Å². The van der Waals surface area contributed by atoms with Crippen LogP contribution in [-0.2, 0) is 42.8 Å². The molecule has 24 heteroatoms. The number of nitro groups is 1. The maximum absolute atomic E-state index is 12.5. The Balaban J connectivity index is 1.50. The monoisotopic (exact) mass is 662 g/mol. The lowest BCUT2D eigenvalue weighted by Gasteiger charge is -2.19. The summed E-state index contributed by atoms with van der Waals surface area (Å²) >= 11 is 0. The highest BCUT2D eigenvalue weighted by molar-refractivity contribution is 7.66. The summed E-state index contributed by atoms with van der Waals surface area (Å²) in [6.07, 6.45) is -4.56. The summed E-state index contributed by atoms with van der Waals surface area (Å²) < 4.78 is 51.6. The number of ether oxygens (including phenoxy) is 1. The number of anilines is 1. The van der Waals surface area contributed by atoms with E-state index in [0.29, 0.717) is 12.8 Å². The molecule has 0 amide bonds. The van der Waals surface area contributed by atoms with E-state index in [1.807, 2.05) is 0 Å². The van der Waals surface area contributed by atoms with Crippen LogP contribution in [0.2, 0.25) is 0 Å². The van der Waals surface area contributed by atoms with Crippen LogP contribution in [0.4, 0.5) is 11.5 Å². The average Bonchev–Trinajstić information content (AvgIpc) is 3.14. The smallest absolute Gasteiger partial charge is 0.387 e. The fourth-order valence-corrected chi connectivity index (χ4v) is 6.52. The van der Waals surface area contributed by atoms with Crippen LogP contribution >= 0.6 is 23.5 Å². The van der Waals surface area contributed by atoms with E-state index in [9.17, 15) is 48.6 Å². The standard InChI is InChI=1S/C18H25N4O17P3/c23-15-13(10-36-41(31,32)39-42(33,34)38-40(28,29)30)37-17(16(15)24)21-8-7-14(19-18(21)25)20-35-9-1-2-11-3-5-12(6-4-11)22(26)27/h3-8,13,15-17,23-24H,1-2,9-10H2,(H,31,32)(H,33,34)(H,19,20,25)(H2,28,29,30)/t13-,15-,16-,17-/m1/s1. The molecule has 1 aliphatic heterocycles. The van der Waals surface area contributed by atoms with Gasteiger partial charge in [-0.15, -0.1) is 0 Å². The number of nitrogens with one attached hydrogen (secondary N) is 1. The molecule has 1 saturated heterocycles. The Labute approximate surface area is 234 Å². The van der Waals surface area contributed by atoms with Crippen molar-refractivity contribution in [3.8, 4) is 0 Å². The summed E-state index contributed by atoms with van der Waals surface area (Å²) in [5.41, 5.74) is 2.30. The molecule has 1 aromatic heterocycles. The summed E-state index contributed by atoms with van der Waals surface area (Å²) in [5, 5.41) is 31.2. The van der Waals surface area contributed by atoms with Crippen LogP contribution in [0.15, 0.2) is 41.3 Å². The van der Waals surface area contributed by atoms with Crippen molar-refractivity contribution in [2.24, 2.45) is 0 Å². The molecule has 21 nitrogen and oxygen atoms in total. The summed E-state index contributed by atoms with van der Waals surface area (Å²) in [5.74, 6) is -0.0242. The van der Waals surface area contributed by atoms with E-state index >= 15 is 0 Å². The van der Waals surface area contributed by atoms with Gasteiger partial charge in [-0.05, 0) is 24.5 Å². The van der Waals surface area contributed by atoms with Crippen LogP contribution in [0.5, 0.6) is 0 Å². The number of non-ortho nitro benzene ring substituents is 1. The molecule has 42 heavy (non-hydrogen) atoms. The highest BCUT2D eigenvalue weighted by Crippen LogP contribution is 2.66. The number of rotatable bonds is 15. The molecule has 2 unspecified atom stereocenters. The van der Waals surface area contributed by atoms with Gasteiger partial charge in [0.15, 0.2) is 12.0 Å². The zero-order chi connectivity index (χ0) is 31.3. The molecule has 6 atom stereocenters. The molecule has 234 valence electrons. The molecule has 1 aliphatic rings. The Morgan fingerprint density at radius 2 is 1.69 bits per heavy atom. The van der Waals surface area contributed by atoms with E-state index in [0.717, 1.165) is 16.3 Å². The first kappa shape index (κ1) is 34.0. The summed E-state index contributed by atoms with van der Waals surface area (Å²) in [7, 11) is -16.9. The number of phosphoric acid groups is 3. The fourth-order valence-electron chi connectivity index (χ4n) is 3.49. The van der Waals surface area contributed by atoms with Gasteiger partial charge in [0.05, 0.1) is 18.1 Å². The molecule has 2 heterocycles. The topological polar surface area (TPSA) is 309 Å². The van der Waals surface area contributed by atoms with Crippen LogP contribution < -0.4 is 11.2 Å². The molecule has 1 fully saturated rings. The first-order valence-electron chi connectivity index (χ1n) is 11.5. The minimum atomic E-state index is -5.77. The van der Waals surface area contributed by atoms with E-state index in [1.165, 1.54) is 18.2 Å². The molecule has 1 aromatic carbocycles. The van der Waals surface area contributed by atoms with E-state index in [-0.39, 0.29) is 18.1 Å². The largest absolute Gasteiger partial charge is 0.490 e. The maximum Gasteiger partial charge on any atom is 0.490 e. The Bertz CT molecular complexity index is 1450. The first-order valence-corrected chi connectivity index (χ1v) is 16.0. The van der Waals surface area contributed by atoms with Gasteiger partial charge in [-0.1, -0.05) is 12.1 Å². The highest BCUT2D eigenvalue weighted by Gasteiger charge is 2.46. The van der Waals surface area contributed by atoms with Gasteiger partial charge in [0.2, 0.25) is 0 Å². The molecular formula is C18H25N4O17P3. The van der Waals surface area contributed by atoms with Gasteiger partial charge in [0.1, 0.15) is 18.3 Å². The SMILES string of the molecule is O=c1nc(NOCCCc2ccc([N+](=O)[O-])cc2)ccn1[C@@H]1O[C@H](COP(=O)(O)OP(=O)(O)OP(=O)(O)O)[C@@H](O)[C@H]1O. The van der Waals surface area contributed by atoms with Crippen molar-refractivity contribution in [1.29, 1.82) is 0 Å². The van der Waals surface area contributed by atoms with Crippen molar-refractivity contribution < 1.29 is 71.1 Å². The van der Waals surface area contributed by atoms with E-state index < -0.39 is 65.2 Å². The highest BCUT2D eigenvalue weighted by atomic mass is 31.3. The predicted octanol–water partition coefficient (Wildman–Crippen LogP) is 0.0903. The van der Waals surface area contributed by atoms with Crippen LogP contribution in [-0.4, -0.2) is 75.8 Å². The Kier molecular flexibility index (Phi) is 11.3. The second-order valence-electron chi connectivity index (χ2n) is 8.41. The number of aryl methyl sites for hydroxylation is 1. The van der Waals surface area contributed by atoms with Gasteiger partial charge < -0.3 is 34.5 Å². The first-order chi connectivity index (χ1) is 19.5. The fraction of sp³-hybridized carbons (Fsp3) is 0.444. The average molecular weight is 662 g/mol. The zero-order valence-corrected chi connectivity index (χ0v) is 23.6. The van der Waals surface area contributed by atoms with Gasteiger partial charge in [-0.25, -0.2) is 24.0 Å². The minimum Gasteiger partial charge on any atom is -0.387 e. The van der Waals surface area contributed by atoms with Crippen molar-refractivity contribution in [2.45, 2.75) is 37.4 Å². The van der Waals surface area contributed by atoms with Gasteiger partial charge >= 0.3 is 29.2 Å². The maximum atomic E-state index is 12.5. The van der Waals surface area contributed by atoms with Crippen LogP contribution in [0, 0.1) is 10.1 Å². The molecule has 7 N–H and O–H groups in total. The number of hydrogen-bond donors (Lipinski definition) is 7. The summed E-state index contributed by atoms with van der Waals surface area (Å²) in [6, 6.07) is 7.27. The molecule has 0 aliphatic carbocycles. The van der Waals surface area contributed by atoms with Crippen molar-refractivity contribution in [3.05, 3.63) is 62.7 Å². The number of aliphatic hydroxyl groups is 2. The third-order valence-corrected chi connectivity index (χ3v) is 9.10. The van der Waals surface area contributed by atoms with Gasteiger partial charge in [0, 0.05) is 18.3 Å². The van der Waals surface area contributed by atoms with Gasteiger partial charge in [-0.2, -0.15) is 13.6 Å². The lowest BCUT2D eigenvalue weighted by Crippen LogP contribution is -2.36. The van der Waals surface area contributed by atoms with Crippen LogP contribution in [0.1, 0.15) is 18.2 Å². The van der Waals surface area contributed by atoms with Gasteiger partial charge in [0.25, 0.3) is 5.69 Å². The third-order valence-electron chi connectivity index (χ3n) is 5.29. The predicted molar refractivity (Wildman–Crippen MR) is 135 cm³/mol. The zero-order valence-electron chi connectivity index (χ0n) is 21.0. The Morgan fingerprint density at radius 3 is 2.29 bits per heavy atom. The number of aliphatic hydroxyl groups excluding tert-OH is 2. The van der Waals surface area contributed by atoms with Crippen LogP contribution in [0.25, 0.3) is 0 Å². The second kappa shape index (κ2) is 13.9. The second-order valence-corrected chi connectivity index (χ2v) is 12.8. The number of nitro benzene ring substituents is 1. The quantitative estimate of drug-likeness (QED) is 0.0575. The summed E-state index contributed by atoms with van der Waals surface area (Å²) in [4.78, 5) is 67.4. The van der Waals surface area contributed by atoms with E-state index in [4.69, 9.17) is 19.4 Å². The minimum absolute atomic E-state index is 0.0242. The van der Waals surface area contributed by atoms with Crippen molar-refractivity contribution >= 4 is 35.0 Å². The van der Waals surface area contributed by atoms with Crippen molar-refractivity contribution in [2.75, 3.05) is 18.7 Å². The summed E-state index contributed by atoms with van der Waals surface area (Å²) in [6.45, 7) is -0.885. The molecular weight excluding hydrogens is 637 g/mol. The molecule has 2 aromatic rings. The Hall–Kier alpha value is -2.45. The number of hydrogen-bond acceptors (Lipinski definition) is 15. The van der Waals surface area contributed by atoms with Crippen molar-refractivity contribution in [1.82, 2.24) is 9.55 Å². The van der Waals surface area contributed by atoms with E-state index in [2.05, 4.69) is 23.6 Å². The molecule has 3 rings (SSSR count). The molecule has 0 spiro atoms.